The highest BCUT2D eigenvalue weighted by Gasteiger charge is 2.08. The van der Waals surface area contributed by atoms with Crippen LogP contribution in [0.3, 0.4) is 0 Å². The molecule has 0 saturated heterocycles. The molecule has 0 fully saturated rings. The third-order valence-corrected chi connectivity index (χ3v) is 2.37. The number of benzene rings is 1. The molecule has 0 heterocycles. The van der Waals surface area contributed by atoms with Crippen molar-refractivity contribution >= 4 is 23.5 Å². The number of nitro groups is 1. The second-order valence-corrected chi connectivity index (χ2v) is 4.17. The zero-order chi connectivity index (χ0) is 15.8. The normalized spacial score (nSPS) is 10.6. The standard InChI is InChI=1S/C14H12N2O5/c1-10(17)6-14(18)21-9-12(8-15)7-11-2-4-13(5-3-11)16(19)20/h2-5,7H,6,9H2,1H3/b12-7+. The second-order valence-electron chi connectivity index (χ2n) is 4.17. The van der Waals surface area contributed by atoms with Gasteiger partial charge in [-0.1, -0.05) is 0 Å². The van der Waals surface area contributed by atoms with Gasteiger partial charge in [0.15, 0.2) is 0 Å². The molecule has 0 N–H and O–H groups in total. The number of ketones is 1. The van der Waals surface area contributed by atoms with Crippen LogP contribution in [0, 0.1) is 21.4 Å². The zero-order valence-corrected chi connectivity index (χ0v) is 11.2. The summed E-state index contributed by atoms with van der Waals surface area (Å²) in [5.41, 5.74) is 0.680. The van der Waals surface area contributed by atoms with E-state index in [9.17, 15) is 19.7 Å². The Hall–Kier alpha value is -3.01. The van der Waals surface area contributed by atoms with Gasteiger partial charge in [-0.05, 0) is 30.7 Å². The molecule has 1 rings (SSSR count). The Balaban J connectivity index is 2.71. The van der Waals surface area contributed by atoms with E-state index in [0.717, 1.165) is 0 Å². The fourth-order valence-electron chi connectivity index (χ4n) is 1.41. The SMILES string of the molecule is CC(=O)CC(=O)OC/C(C#N)=C/c1ccc([N+](=O)[O-])cc1. The zero-order valence-electron chi connectivity index (χ0n) is 11.2. The summed E-state index contributed by atoms with van der Waals surface area (Å²) in [7, 11) is 0. The first-order valence-electron chi connectivity index (χ1n) is 5.92. The molecule has 108 valence electrons. The Kier molecular flexibility index (Phi) is 5.77. The molecule has 0 aliphatic carbocycles. The van der Waals surface area contributed by atoms with Crippen molar-refractivity contribution in [1.82, 2.24) is 0 Å². The fourth-order valence-corrected chi connectivity index (χ4v) is 1.41. The van der Waals surface area contributed by atoms with Gasteiger partial charge in [-0.25, -0.2) is 0 Å². The highest BCUT2D eigenvalue weighted by Crippen LogP contribution is 2.14. The molecule has 0 saturated carbocycles. The largest absolute Gasteiger partial charge is 0.460 e. The summed E-state index contributed by atoms with van der Waals surface area (Å²) in [5, 5.41) is 19.4. The Morgan fingerprint density at radius 3 is 2.48 bits per heavy atom. The van der Waals surface area contributed by atoms with E-state index in [2.05, 4.69) is 0 Å². The molecule has 7 nitrogen and oxygen atoms in total. The van der Waals surface area contributed by atoms with Crippen LogP contribution < -0.4 is 0 Å². The first kappa shape index (κ1) is 16.0. The molecule has 0 aromatic heterocycles. The topological polar surface area (TPSA) is 110 Å². The summed E-state index contributed by atoms with van der Waals surface area (Å²) in [4.78, 5) is 31.9. The predicted molar refractivity (Wildman–Crippen MR) is 72.9 cm³/mol. The minimum Gasteiger partial charge on any atom is -0.460 e. The summed E-state index contributed by atoms with van der Waals surface area (Å²) in [6.45, 7) is 1.01. The second kappa shape index (κ2) is 7.55. The highest BCUT2D eigenvalue weighted by atomic mass is 16.6. The number of nitro benzene ring substituents is 1. The minimum atomic E-state index is -0.702. The van der Waals surface area contributed by atoms with Gasteiger partial charge in [0.25, 0.3) is 5.69 Å². The molecule has 0 amide bonds. The average Bonchev–Trinajstić information content (AvgIpc) is 2.43. The summed E-state index contributed by atoms with van der Waals surface area (Å²) in [6.07, 6.45) is 1.11. The van der Waals surface area contributed by atoms with Crippen LogP contribution in [-0.4, -0.2) is 23.3 Å². The van der Waals surface area contributed by atoms with E-state index in [4.69, 9.17) is 10.00 Å². The molecule has 0 radical (unpaired) electrons. The van der Waals surface area contributed by atoms with Crippen LogP contribution in [0.15, 0.2) is 29.8 Å². The summed E-state index contributed by atoms with van der Waals surface area (Å²) >= 11 is 0. The lowest BCUT2D eigenvalue weighted by molar-refractivity contribution is -0.384. The van der Waals surface area contributed by atoms with Crippen molar-refractivity contribution in [3.05, 3.63) is 45.5 Å². The Bertz CT molecular complexity index is 626. The lowest BCUT2D eigenvalue weighted by atomic mass is 10.1. The van der Waals surface area contributed by atoms with E-state index in [-0.39, 0.29) is 30.1 Å². The van der Waals surface area contributed by atoms with Crippen LogP contribution in [0.25, 0.3) is 6.08 Å². The maximum atomic E-state index is 11.2. The average molecular weight is 288 g/mol. The van der Waals surface area contributed by atoms with Crippen LogP contribution >= 0.6 is 0 Å². The molecule has 7 heteroatoms. The van der Waals surface area contributed by atoms with Crippen molar-refractivity contribution in [2.24, 2.45) is 0 Å². The molecular formula is C14H12N2O5. The van der Waals surface area contributed by atoms with Crippen molar-refractivity contribution in [1.29, 1.82) is 5.26 Å². The number of carbonyl (C=O) groups is 2. The lowest BCUT2D eigenvalue weighted by Crippen LogP contribution is -2.10. The van der Waals surface area contributed by atoms with E-state index in [1.165, 1.54) is 37.3 Å². The van der Waals surface area contributed by atoms with E-state index >= 15 is 0 Å². The smallest absolute Gasteiger partial charge is 0.313 e. The van der Waals surface area contributed by atoms with Gasteiger partial charge in [0.2, 0.25) is 0 Å². The molecule has 0 aliphatic heterocycles. The van der Waals surface area contributed by atoms with Crippen molar-refractivity contribution in [3.8, 4) is 6.07 Å². The molecular weight excluding hydrogens is 276 g/mol. The van der Waals surface area contributed by atoms with E-state index in [1.807, 2.05) is 6.07 Å². The van der Waals surface area contributed by atoms with Crippen molar-refractivity contribution in [3.63, 3.8) is 0 Å². The number of Topliss-reactive ketones (excluding diaryl/α,β-unsaturated/α-hetero) is 1. The van der Waals surface area contributed by atoms with Gasteiger partial charge in [0, 0.05) is 12.1 Å². The van der Waals surface area contributed by atoms with Crippen LogP contribution in [0.5, 0.6) is 0 Å². The molecule has 1 aromatic rings. The maximum Gasteiger partial charge on any atom is 0.313 e. The molecule has 0 atom stereocenters. The van der Waals surface area contributed by atoms with Crippen LogP contribution in [0.1, 0.15) is 18.9 Å². The lowest BCUT2D eigenvalue weighted by Gasteiger charge is -2.02. The maximum absolute atomic E-state index is 11.2. The Morgan fingerprint density at radius 1 is 1.38 bits per heavy atom. The third kappa shape index (κ3) is 5.65. The Labute approximate surface area is 120 Å². The van der Waals surface area contributed by atoms with Gasteiger partial charge in [0.1, 0.15) is 18.8 Å². The van der Waals surface area contributed by atoms with Gasteiger partial charge in [-0.15, -0.1) is 0 Å². The summed E-state index contributed by atoms with van der Waals surface area (Å²) in [6, 6.07) is 7.44. The predicted octanol–water partition coefficient (Wildman–Crippen LogP) is 2.02. The number of carbonyl (C=O) groups excluding carboxylic acids is 2. The monoisotopic (exact) mass is 288 g/mol. The van der Waals surface area contributed by atoms with E-state index in [0.29, 0.717) is 5.56 Å². The molecule has 1 aromatic carbocycles. The van der Waals surface area contributed by atoms with Gasteiger partial charge in [-0.2, -0.15) is 5.26 Å². The van der Waals surface area contributed by atoms with Crippen molar-refractivity contribution in [2.45, 2.75) is 13.3 Å². The van der Waals surface area contributed by atoms with Gasteiger partial charge >= 0.3 is 5.97 Å². The number of hydrogen-bond donors (Lipinski definition) is 0. The number of non-ortho nitro benzene ring substituents is 1. The minimum absolute atomic E-state index is 0.0569. The number of esters is 1. The molecule has 21 heavy (non-hydrogen) atoms. The number of ether oxygens (including phenoxy) is 1. The van der Waals surface area contributed by atoms with Gasteiger partial charge < -0.3 is 4.74 Å². The third-order valence-electron chi connectivity index (χ3n) is 2.37. The van der Waals surface area contributed by atoms with Gasteiger partial charge in [-0.3, -0.25) is 19.7 Å². The van der Waals surface area contributed by atoms with Crippen LogP contribution in [-0.2, 0) is 14.3 Å². The van der Waals surface area contributed by atoms with Gasteiger partial charge in [0.05, 0.1) is 16.6 Å². The number of hydrogen-bond acceptors (Lipinski definition) is 6. The van der Waals surface area contributed by atoms with Crippen molar-refractivity contribution < 1.29 is 19.2 Å². The molecule has 0 unspecified atom stereocenters. The van der Waals surface area contributed by atoms with Crippen LogP contribution in [0.2, 0.25) is 0 Å². The number of nitriles is 1. The number of rotatable bonds is 6. The molecule has 0 bridgehead atoms. The van der Waals surface area contributed by atoms with Crippen LogP contribution in [0.4, 0.5) is 5.69 Å². The van der Waals surface area contributed by atoms with E-state index < -0.39 is 10.9 Å². The summed E-state index contributed by atoms with van der Waals surface area (Å²) < 4.78 is 4.78. The molecule has 0 spiro atoms. The Morgan fingerprint density at radius 2 is 2.00 bits per heavy atom. The number of nitrogens with zero attached hydrogens (tertiary/aromatic N) is 2. The fraction of sp³-hybridized carbons (Fsp3) is 0.214. The highest BCUT2D eigenvalue weighted by molar-refractivity contribution is 5.94. The first-order valence-corrected chi connectivity index (χ1v) is 5.92. The quantitative estimate of drug-likeness (QED) is 0.260. The summed E-state index contributed by atoms with van der Waals surface area (Å²) in [5.74, 6) is -1.02. The molecule has 0 aliphatic rings. The van der Waals surface area contributed by atoms with Crippen molar-refractivity contribution in [2.75, 3.05) is 6.61 Å². The van der Waals surface area contributed by atoms with E-state index in [1.54, 1.807) is 0 Å². The first-order chi connectivity index (χ1) is 9.92.